The van der Waals surface area contributed by atoms with Crippen LogP contribution in [-0.4, -0.2) is 15.2 Å². The van der Waals surface area contributed by atoms with Gasteiger partial charge in [-0.1, -0.05) is 41.6 Å². The van der Waals surface area contributed by atoms with Crippen molar-refractivity contribution in [2.24, 2.45) is 0 Å². The molecule has 2 aromatic rings. The maximum absolute atomic E-state index is 12.9. The number of halogens is 4. The van der Waals surface area contributed by atoms with E-state index in [0.717, 1.165) is 23.9 Å². The molecular weight excluding hydrogens is 393 g/mol. The highest BCUT2D eigenvalue weighted by Crippen LogP contribution is 2.35. The van der Waals surface area contributed by atoms with Crippen LogP contribution in [0.15, 0.2) is 41.3 Å². The maximum atomic E-state index is 12.9. The number of hydrogen-bond donors (Lipinski definition) is 1. The van der Waals surface area contributed by atoms with Gasteiger partial charge in [0.1, 0.15) is 4.32 Å². The molecule has 0 aliphatic carbocycles. The van der Waals surface area contributed by atoms with Gasteiger partial charge in [0.25, 0.3) is 5.91 Å². The Labute approximate surface area is 155 Å². The molecule has 0 saturated carbocycles. The second-order valence-corrected chi connectivity index (χ2v) is 7.12. The number of pyridine rings is 1. The van der Waals surface area contributed by atoms with E-state index in [4.69, 9.17) is 23.8 Å². The van der Waals surface area contributed by atoms with E-state index >= 15 is 0 Å². The first kappa shape index (κ1) is 17.9. The van der Waals surface area contributed by atoms with Crippen molar-refractivity contribution in [1.29, 1.82) is 0 Å². The van der Waals surface area contributed by atoms with Gasteiger partial charge in [0, 0.05) is 10.6 Å². The lowest BCUT2D eigenvalue weighted by Crippen LogP contribution is -2.17. The summed E-state index contributed by atoms with van der Waals surface area (Å²) in [5.41, 5.74) is 0.0362. The summed E-state index contributed by atoms with van der Waals surface area (Å²) in [5.74, 6) is -0.334. The number of nitrogens with one attached hydrogen (secondary N) is 1. The molecule has 0 unspecified atom stereocenters. The Morgan fingerprint density at radius 1 is 1.24 bits per heavy atom. The van der Waals surface area contributed by atoms with Gasteiger partial charge >= 0.3 is 6.18 Å². The normalized spacial score (nSPS) is 16.4. The maximum Gasteiger partial charge on any atom is 0.416 e. The summed E-state index contributed by atoms with van der Waals surface area (Å²) in [4.78, 5) is 16.3. The minimum atomic E-state index is -4.48. The molecule has 128 valence electrons. The van der Waals surface area contributed by atoms with Gasteiger partial charge in [-0.25, -0.2) is 4.98 Å². The number of hydrogen-bond acceptors (Lipinski definition) is 4. The molecular formula is C16H8ClF3N2OS2. The van der Waals surface area contributed by atoms with Crippen molar-refractivity contribution in [1.82, 2.24) is 10.3 Å². The highest BCUT2D eigenvalue weighted by Gasteiger charge is 2.31. The quantitative estimate of drug-likeness (QED) is 0.574. The molecule has 1 fully saturated rings. The number of aromatic nitrogens is 1. The van der Waals surface area contributed by atoms with Crippen molar-refractivity contribution in [3.8, 4) is 11.3 Å². The second-order valence-electron chi connectivity index (χ2n) is 4.99. The lowest BCUT2D eigenvalue weighted by Gasteiger charge is -2.10. The molecule has 1 aliphatic heterocycles. The van der Waals surface area contributed by atoms with Gasteiger partial charge in [0.15, 0.2) is 0 Å². The van der Waals surface area contributed by atoms with Gasteiger partial charge < -0.3 is 5.32 Å². The van der Waals surface area contributed by atoms with Crippen molar-refractivity contribution >= 4 is 51.9 Å². The van der Waals surface area contributed by atoms with E-state index in [2.05, 4.69) is 10.3 Å². The van der Waals surface area contributed by atoms with E-state index in [0.29, 0.717) is 14.9 Å². The zero-order chi connectivity index (χ0) is 18.2. The fourth-order valence-electron chi connectivity index (χ4n) is 2.14. The molecule has 1 amide bonds. The lowest BCUT2D eigenvalue weighted by atomic mass is 10.1. The average molecular weight is 401 g/mol. The lowest BCUT2D eigenvalue weighted by molar-refractivity contribution is -0.137. The molecule has 1 N–H and O–H groups in total. The summed E-state index contributed by atoms with van der Waals surface area (Å²) in [5, 5.41) is 2.63. The average Bonchev–Trinajstić information content (AvgIpc) is 2.84. The largest absolute Gasteiger partial charge is 0.416 e. The Balaban J connectivity index is 2.01. The van der Waals surface area contributed by atoms with Crippen LogP contribution >= 0.6 is 35.6 Å². The van der Waals surface area contributed by atoms with Crippen molar-refractivity contribution in [2.75, 3.05) is 0 Å². The Morgan fingerprint density at radius 3 is 2.64 bits per heavy atom. The highest BCUT2D eigenvalue weighted by atomic mass is 35.5. The number of nitrogens with zero attached hydrogens (tertiary/aromatic N) is 1. The number of thioether (sulfide) groups is 1. The van der Waals surface area contributed by atoms with Crippen LogP contribution in [0.3, 0.4) is 0 Å². The number of thiocarbonyl (C=S) groups is 1. The fourth-order valence-corrected chi connectivity index (χ4v) is 3.38. The Morgan fingerprint density at radius 2 is 2.00 bits per heavy atom. The van der Waals surface area contributed by atoms with E-state index in [9.17, 15) is 18.0 Å². The first-order valence-electron chi connectivity index (χ1n) is 6.83. The third-order valence-corrected chi connectivity index (χ3v) is 4.75. The van der Waals surface area contributed by atoms with Crippen LogP contribution in [0.5, 0.6) is 0 Å². The van der Waals surface area contributed by atoms with Gasteiger partial charge in [-0.15, -0.1) is 0 Å². The van der Waals surface area contributed by atoms with Crippen LogP contribution in [0.2, 0.25) is 5.02 Å². The Kier molecular flexibility index (Phi) is 4.86. The van der Waals surface area contributed by atoms with Gasteiger partial charge in [0.2, 0.25) is 0 Å². The Hall–Kier alpha value is -1.90. The van der Waals surface area contributed by atoms with Crippen LogP contribution in [0, 0.1) is 0 Å². The number of alkyl halides is 3. The van der Waals surface area contributed by atoms with E-state index < -0.39 is 11.7 Å². The third-order valence-electron chi connectivity index (χ3n) is 3.26. The van der Waals surface area contributed by atoms with E-state index in [1.807, 2.05) is 0 Å². The molecule has 25 heavy (non-hydrogen) atoms. The number of amides is 1. The summed E-state index contributed by atoms with van der Waals surface area (Å²) in [6, 6.07) is 7.86. The van der Waals surface area contributed by atoms with Crippen molar-refractivity contribution in [3.63, 3.8) is 0 Å². The summed E-state index contributed by atoms with van der Waals surface area (Å²) in [6.07, 6.45) is -2.96. The van der Waals surface area contributed by atoms with Crippen molar-refractivity contribution in [3.05, 3.63) is 57.6 Å². The number of carbonyl (C=O) groups is 1. The topological polar surface area (TPSA) is 42.0 Å². The Bertz CT molecular complexity index is 912. The minimum Gasteiger partial charge on any atom is -0.307 e. The van der Waals surface area contributed by atoms with Crippen LogP contribution in [0.4, 0.5) is 13.2 Å². The molecule has 1 aromatic carbocycles. The van der Waals surface area contributed by atoms with Gasteiger partial charge in [-0.2, -0.15) is 13.2 Å². The van der Waals surface area contributed by atoms with Crippen molar-refractivity contribution in [2.45, 2.75) is 6.18 Å². The zero-order valence-electron chi connectivity index (χ0n) is 12.2. The highest BCUT2D eigenvalue weighted by molar-refractivity contribution is 8.26. The van der Waals surface area contributed by atoms with Crippen LogP contribution in [-0.2, 0) is 11.0 Å². The number of benzene rings is 1. The smallest absolute Gasteiger partial charge is 0.307 e. The van der Waals surface area contributed by atoms with Crippen LogP contribution in [0.1, 0.15) is 11.3 Å². The first-order chi connectivity index (χ1) is 11.7. The summed E-state index contributed by atoms with van der Waals surface area (Å²) in [6.45, 7) is 0. The molecule has 9 heteroatoms. The molecule has 2 heterocycles. The van der Waals surface area contributed by atoms with Crippen LogP contribution < -0.4 is 5.32 Å². The standard InChI is InChI=1S/C16H8ClF3N2OS2/c17-11-5-4-8(16(18,19)20)6-10(11)12-3-1-2-9(21-12)7-13-14(23)22-15(24)25-13/h1-7H,(H,22,23,24)/b13-7-. The van der Waals surface area contributed by atoms with Gasteiger partial charge in [-0.05, 0) is 36.4 Å². The predicted molar refractivity (Wildman–Crippen MR) is 96.0 cm³/mol. The molecule has 3 rings (SSSR count). The van der Waals surface area contributed by atoms with Crippen LogP contribution in [0.25, 0.3) is 17.3 Å². The molecule has 1 aliphatic rings. The molecule has 0 spiro atoms. The summed E-state index contributed by atoms with van der Waals surface area (Å²) < 4.78 is 39.1. The molecule has 0 bridgehead atoms. The van der Waals surface area contributed by atoms with E-state index in [1.165, 1.54) is 12.1 Å². The van der Waals surface area contributed by atoms with E-state index in [1.54, 1.807) is 18.2 Å². The van der Waals surface area contributed by atoms with E-state index in [-0.39, 0.29) is 22.2 Å². The minimum absolute atomic E-state index is 0.152. The van der Waals surface area contributed by atoms with Crippen molar-refractivity contribution < 1.29 is 18.0 Å². The molecule has 1 aromatic heterocycles. The molecule has 3 nitrogen and oxygen atoms in total. The molecule has 0 radical (unpaired) electrons. The second kappa shape index (κ2) is 6.78. The third kappa shape index (κ3) is 4.02. The number of rotatable bonds is 2. The first-order valence-corrected chi connectivity index (χ1v) is 8.43. The fraction of sp³-hybridized carbons (Fsp3) is 0.0625. The molecule has 1 saturated heterocycles. The van der Waals surface area contributed by atoms with Gasteiger partial charge in [-0.3, -0.25) is 4.79 Å². The molecule has 0 atom stereocenters. The summed E-state index contributed by atoms with van der Waals surface area (Å²) >= 11 is 12.0. The SMILES string of the molecule is O=C1NC(=S)S/C1=C\c1cccc(-c2cc(C(F)(F)F)ccc2Cl)n1. The predicted octanol–water partition coefficient (Wildman–Crippen LogP) is 4.91. The zero-order valence-corrected chi connectivity index (χ0v) is 14.6. The monoisotopic (exact) mass is 400 g/mol. The number of carbonyl (C=O) groups excluding carboxylic acids is 1. The summed E-state index contributed by atoms with van der Waals surface area (Å²) in [7, 11) is 0. The van der Waals surface area contributed by atoms with Gasteiger partial charge in [0.05, 0.1) is 21.9 Å².